The summed E-state index contributed by atoms with van der Waals surface area (Å²) < 4.78 is 16.2. The van der Waals surface area contributed by atoms with Crippen LogP contribution in [0.3, 0.4) is 0 Å². The van der Waals surface area contributed by atoms with Crippen molar-refractivity contribution in [1.29, 1.82) is 0 Å². The maximum absolute atomic E-state index is 11.4. The zero-order valence-electron chi connectivity index (χ0n) is 11.8. The van der Waals surface area contributed by atoms with E-state index < -0.39 is 11.9 Å². The summed E-state index contributed by atoms with van der Waals surface area (Å²) in [7, 11) is 1.36. The van der Waals surface area contributed by atoms with Gasteiger partial charge in [-0.2, -0.15) is 0 Å². The minimum absolute atomic E-state index is 0.0629. The van der Waals surface area contributed by atoms with Crippen LogP contribution in [-0.2, 0) is 19.0 Å². The van der Waals surface area contributed by atoms with E-state index in [1.165, 1.54) is 7.11 Å². The SMILES string of the molecule is CCC(O)[C@H]1OC(C)(C)O[C@H](CC(=O)OC)[C@@H]1C. The van der Waals surface area contributed by atoms with Crippen molar-refractivity contribution in [2.24, 2.45) is 5.92 Å². The van der Waals surface area contributed by atoms with Gasteiger partial charge in [-0.05, 0) is 20.3 Å². The molecule has 5 heteroatoms. The molecule has 0 radical (unpaired) electrons. The number of hydrogen-bond donors (Lipinski definition) is 1. The summed E-state index contributed by atoms with van der Waals surface area (Å²) in [5, 5.41) is 10.00. The van der Waals surface area contributed by atoms with Gasteiger partial charge < -0.3 is 19.3 Å². The normalized spacial score (nSPS) is 32.9. The highest BCUT2D eigenvalue weighted by atomic mass is 16.7. The van der Waals surface area contributed by atoms with E-state index in [-0.39, 0.29) is 30.5 Å². The third kappa shape index (κ3) is 3.67. The monoisotopic (exact) mass is 260 g/mol. The Kier molecular flexibility index (Phi) is 5.13. The van der Waals surface area contributed by atoms with Crippen LogP contribution < -0.4 is 0 Å². The summed E-state index contributed by atoms with van der Waals surface area (Å²) in [5.74, 6) is -1.17. The summed E-state index contributed by atoms with van der Waals surface area (Å²) in [6.07, 6.45) is -0.392. The highest BCUT2D eigenvalue weighted by Crippen LogP contribution is 2.34. The molecule has 1 unspecified atom stereocenters. The van der Waals surface area contributed by atoms with Gasteiger partial charge in [0, 0.05) is 5.92 Å². The minimum atomic E-state index is -0.800. The van der Waals surface area contributed by atoms with Gasteiger partial charge in [0.2, 0.25) is 0 Å². The topological polar surface area (TPSA) is 65.0 Å². The first-order chi connectivity index (χ1) is 8.30. The Morgan fingerprint density at radius 2 is 2.06 bits per heavy atom. The van der Waals surface area contributed by atoms with E-state index in [1.54, 1.807) is 13.8 Å². The Morgan fingerprint density at radius 3 is 2.56 bits per heavy atom. The molecule has 1 saturated heterocycles. The highest BCUT2D eigenvalue weighted by Gasteiger charge is 2.44. The van der Waals surface area contributed by atoms with E-state index in [4.69, 9.17) is 9.47 Å². The van der Waals surface area contributed by atoms with E-state index in [0.717, 1.165) is 0 Å². The first-order valence-corrected chi connectivity index (χ1v) is 6.41. The predicted octanol–water partition coefficient (Wildman–Crippen LogP) is 1.48. The van der Waals surface area contributed by atoms with Crippen molar-refractivity contribution in [2.75, 3.05) is 7.11 Å². The minimum Gasteiger partial charge on any atom is -0.469 e. The van der Waals surface area contributed by atoms with Crippen LogP contribution >= 0.6 is 0 Å². The third-order valence-electron chi connectivity index (χ3n) is 3.35. The number of aliphatic hydroxyl groups is 1. The first-order valence-electron chi connectivity index (χ1n) is 6.41. The lowest BCUT2D eigenvalue weighted by Crippen LogP contribution is -2.54. The second-order valence-corrected chi connectivity index (χ2v) is 5.25. The van der Waals surface area contributed by atoms with Crippen molar-refractivity contribution >= 4 is 5.97 Å². The molecular formula is C13H24O5. The van der Waals surface area contributed by atoms with E-state index in [0.29, 0.717) is 6.42 Å². The van der Waals surface area contributed by atoms with E-state index in [1.807, 2.05) is 13.8 Å². The lowest BCUT2D eigenvalue weighted by Gasteiger charge is -2.46. The molecule has 0 aliphatic carbocycles. The third-order valence-corrected chi connectivity index (χ3v) is 3.35. The quantitative estimate of drug-likeness (QED) is 0.776. The predicted molar refractivity (Wildman–Crippen MR) is 65.9 cm³/mol. The van der Waals surface area contributed by atoms with Crippen molar-refractivity contribution in [3.8, 4) is 0 Å². The van der Waals surface area contributed by atoms with Gasteiger partial charge in [0.1, 0.15) is 0 Å². The zero-order chi connectivity index (χ0) is 13.9. The van der Waals surface area contributed by atoms with E-state index in [9.17, 15) is 9.90 Å². The number of esters is 1. The molecule has 18 heavy (non-hydrogen) atoms. The first kappa shape index (κ1) is 15.4. The summed E-state index contributed by atoms with van der Waals surface area (Å²) in [6, 6.07) is 0. The van der Waals surface area contributed by atoms with Crippen LogP contribution in [0.25, 0.3) is 0 Å². The molecule has 1 heterocycles. The second kappa shape index (κ2) is 5.99. The number of carbonyl (C=O) groups excluding carboxylic acids is 1. The van der Waals surface area contributed by atoms with Gasteiger partial charge in [-0.3, -0.25) is 4.79 Å². The summed E-state index contributed by atoms with van der Waals surface area (Å²) >= 11 is 0. The number of aliphatic hydroxyl groups excluding tert-OH is 1. The number of ether oxygens (including phenoxy) is 3. The Balaban J connectivity index is 2.80. The maximum Gasteiger partial charge on any atom is 0.308 e. The van der Waals surface area contributed by atoms with Gasteiger partial charge >= 0.3 is 5.97 Å². The molecule has 1 aliphatic rings. The van der Waals surface area contributed by atoms with Crippen molar-refractivity contribution in [3.63, 3.8) is 0 Å². The lowest BCUT2D eigenvalue weighted by molar-refractivity contribution is -0.332. The molecule has 4 atom stereocenters. The van der Waals surface area contributed by atoms with E-state index in [2.05, 4.69) is 4.74 Å². The fourth-order valence-corrected chi connectivity index (χ4v) is 2.28. The van der Waals surface area contributed by atoms with Gasteiger partial charge in [-0.1, -0.05) is 13.8 Å². The molecule has 1 aliphatic heterocycles. The Labute approximate surface area is 108 Å². The largest absolute Gasteiger partial charge is 0.469 e. The van der Waals surface area contributed by atoms with Gasteiger partial charge in [0.25, 0.3) is 0 Å². The molecular weight excluding hydrogens is 236 g/mol. The molecule has 0 aromatic heterocycles. The van der Waals surface area contributed by atoms with Gasteiger partial charge in [0.05, 0.1) is 31.8 Å². The highest BCUT2D eigenvalue weighted by molar-refractivity contribution is 5.69. The molecule has 0 aromatic carbocycles. The Bertz CT molecular complexity index is 289. The molecule has 1 rings (SSSR count). The van der Waals surface area contributed by atoms with Gasteiger partial charge in [0.15, 0.2) is 5.79 Å². The summed E-state index contributed by atoms with van der Waals surface area (Å²) in [5.41, 5.74) is 0. The van der Waals surface area contributed by atoms with Gasteiger partial charge in [-0.25, -0.2) is 0 Å². The smallest absolute Gasteiger partial charge is 0.308 e. The molecule has 1 N–H and O–H groups in total. The molecule has 0 amide bonds. The molecule has 0 saturated carbocycles. The zero-order valence-corrected chi connectivity index (χ0v) is 11.8. The van der Waals surface area contributed by atoms with Crippen LogP contribution in [-0.4, -0.2) is 42.3 Å². The Hall–Kier alpha value is -0.650. The van der Waals surface area contributed by atoms with Crippen LogP contribution in [0.15, 0.2) is 0 Å². The molecule has 5 nitrogen and oxygen atoms in total. The number of hydrogen-bond acceptors (Lipinski definition) is 5. The van der Waals surface area contributed by atoms with Crippen molar-refractivity contribution in [3.05, 3.63) is 0 Å². The average molecular weight is 260 g/mol. The lowest BCUT2D eigenvalue weighted by atomic mass is 9.89. The average Bonchev–Trinajstić information content (AvgIpc) is 2.31. The maximum atomic E-state index is 11.4. The van der Waals surface area contributed by atoms with Crippen molar-refractivity contribution < 1.29 is 24.1 Å². The molecule has 106 valence electrons. The van der Waals surface area contributed by atoms with Crippen LogP contribution in [0.4, 0.5) is 0 Å². The molecule has 1 fully saturated rings. The summed E-state index contributed by atoms with van der Waals surface area (Å²) in [6.45, 7) is 7.40. The van der Waals surface area contributed by atoms with Crippen LogP contribution in [0.2, 0.25) is 0 Å². The summed E-state index contributed by atoms with van der Waals surface area (Å²) in [4.78, 5) is 11.4. The van der Waals surface area contributed by atoms with E-state index >= 15 is 0 Å². The number of rotatable bonds is 4. The molecule has 0 aromatic rings. The van der Waals surface area contributed by atoms with Crippen LogP contribution in [0.5, 0.6) is 0 Å². The second-order valence-electron chi connectivity index (χ2n) is 5.25. The molecule has 0 bridgehead atoms. The van der Waals surface area contributed by atoms with Crippen molar-refractivity contribution in [1.82, 2.24) is 0 Å². The fourth-order valence-electron chi connectivity index (χ4n) is 2.28. The standard InChI is InChI=1S/C13H24O5/c1-6-9(14)12-8(2)10(7-11(15)16-5)17-13(3,4)18-12/h8-10,12,14H,6-7H2,1-5H3/t8-,9?,10+,12-/m0/s1. The van der Waals surface area contributed by atoms with Gasteiger partial charge in [-0.15, -0.1) is 0 Å². The number of carbonyl (C=O) groups is 1. The number of methoxy groups -OCH3 is 1. The Morgan fingerprint density at radius 1 is 1.44 bits per heavy atom. The molecule has 0 spiro atoms. The fraction of sp³-hybridized carbons (Fsp3) is 0.923. The van der Waals surface area contributed by atoms with Crippen LogP contribution in [0, 0.1) is 5.92 Å². The van der Waals surface area contributed by atoms with Crippen LogP contribution in [0.1, 0.15) is 40.5 Å². The van der Waals surface area contributed by atoms with Crippen molar-refractivity contribution in [2.45, 2.75) is 64.6 Å².